The van der Waals surface area contributed by atoms with Gasteiger partial charge in [0, 0.05) is 44.2 Å². The van der Waals surface area contributed by atoms with E-state index in [1.165, 1.54) is 16.4 Å². The van der Waals surface area contributed by atoms with Crippen molar-refractivity contribution < 1.29 is 17.6 Å². The van der Waals surface area contributed by atoms with Crippen molar-refractivity contribution in [3.8, 4) is 0 Å². The number of rotatable bonds is 6. The summed E-state index contributed by atoms with van der Waals surface area (Å²) < 4.78 is 49.6. The molecule has 1 aliphatic heterocycles. The average Bonchev–Trinajstić information content (AvgIpc) is 3.23. The summed E-state index contributed by atoms with van der Waals surface area (Å²) in [5.41, 5.74) is 1.03. The molecule has 4 rings (SSSR count). The Balaban J connectivity index is 1.31. The van der Waals surface area contributed by atoms with Crippen LogP contribution in [0.5, 0.6) is 0 Å². The second-order valence-electron chi connectivity index (χ2n) is 7.06. The van der Waals surface area contributed by atoms with Gasteiger partial charge in [-0.3, -0.25) is 4.79 Å². The topological polar surface area (TPSA) is 95.5 Å². The minimum Gasteiger partial charge on any atom is -0.324 e. The Morgan fingerprint density at radius 2 is 1.94 bits per heavy atom. The highest BCUT2D eigenvalue weighted by atomic mass is 35.5. The molecule has 0 unspecified atom stereocenters. The smallest absolute Gasteiger partial charge is 0.245 e. The average molecular weight is 484 g/mol. The number of aromatic nitrogens is 2. The van der Waals surface area contributed by atoms with E-state index in [0.29, 0.717) is 43.8 Å². The van der Waals surface area contributed by atoms with Gasteiger partial charge in [0.2, 0.25) is 15.9 Å². The number of sulfonamides is 1. The summed E-state index contributed by atoms with van der Waals surface area (Å²) in [5, 5.41) is 2.78. The number of anilines is 1. The summed E-state index contributed by atoms with van der Waals surface area (Å²) >= 11 is 6.69. The number of nitrogens with one attached hydrogen (secondary N) is 1. The van der Waals surface area contributed by atoms with Crippen LogP contribution in [0.2, 0.25) is 5.02 Å². The quantitative estimate of drug-likeness (QED) is 0.579. The Bertz CT molecular complexity index is 1210. The van der Waals surface area contributed by atoms with Gasteiger partial charge in [-0.2, -0.15) is 13.1 Å². The zero-order chi connectivity index (χ0) is 22.0. The molecule has 2 heterocycles. The van der Waals surface area contributed by atoms with Crippen molar-refractivity contribution in [2.45, 2.75) is 11.3 Å². The molecule has 0 bridgehead atoms. The lowest BCUT2D eigenvalue weighted by Gasteiger charge is -2.33. The molecule has 8 nitrogen and oxygen atoms in total. The fraction of sp³-hybridized carbons (Fsp3) is 0.316. The van der Waals surface area contributed by atoms with Crippen LogP contribution >= 0.6 is 23.3 Å². The third-order valence-electron chi connectivity index (χ3n) is 5.06. The molecule has 31 heavy (non-hydrogen) atoms. The fourth-order valence-electron chi connectivity index (χ4n) is 3.39. The number of hydrogen-bond donors (Lipinski definition) is 1. The number of carbonyl (C=O) groups excluding carboxylic acids is 1. The SMILES string of the molecule is O=C(CCN1CCN(S(=O)(=O)c2cccc3nsnc23)CC1)Nc1ccc(Cl)cc1F. The Kier molecular flexibility index (Phi) is 6.49. The molecule has 1 fully saturated rings. The predicted molar refractivity (Wildman–Crippen MR) is 117 cm³/mol. The fourth-order valence-corrected chi connectivity index (χ4v) is 5.72. The van der Waals surface area contributed by atoms with Crippen molar-refractivity contribution >= 4 is 56.0 Å². The molecule has 1 amide bonds. The molecule has 12 heteroatoms. The first-order valence-corrected chi connectivity index (χ1v) is 12.1. The molecular weight excluding hydrogens is 465 g/mol. The first-order chi connectivity index (χ1) is 14.8. The monoisotopic (exact) mass is 483 g/mol. The highest BCUT2D eigenvalue weighted by Crippen LogP contribution is 2.25. The number of piperazine rings is 1. The molecular formula is C19H19ClFN5O3S2. The second kappa shape index (κ2) is 9.13. The molecule has 0 spiro atoms. The molecule has 164 valence electrons. The highest BCUT2D eigenvalue weighted by Gasteiger charge is 2.30. The van der Waals surface area contributed by atoms with Crippen molar-refractivity contribution in [3.63, 3.8) is 0 Å². The molecule has 1 aromatic heterocycles. The van der Waals surface area contributed by atoms with Gasteiger partial charge < -0.3 is 10.2 Å². The molecule has 0 aliphatic carbocycles. The van der Waals surface area contributed by atoms with Crippen LogP contribution in [0.4, 0.5) is 10.1 Å². The maximum absolute atomic E-state index is 13.8. The first kappa shape index (κ1) is 22.0. The van der Waals surface area contributed by atoms with E-state index in [0.717, 1.165) is 17.8 Å². The third kappa shape index (κ3) is 4.85. The van der Waals surface area contributed by atoms with E-state index in [1.54, 1.807) is 18.2 Å². The van der Waals surface area contributed by atoms with Crippen molar-refractivity contribution in [1.82, 2.24) is 18.0 Å². The second-order valence-corrected chi connectivity index (χ2v) is 9.93. The van der Waals surface area contributed by atoms with Gasteiger partial charge >= 0.3 is 0 Å². The van der Waals surface area contributed by atoms with E-state index in [4.69, 9.17) is 11.6 Å². The van der Waals surface area contributed by atoms with Crippen LogP contribution in [-0.4, -0.2) is 65.0 Å². The Morgan fingerprint density at radius 3 is 2.68 bits per heavy atom. The van der Waals surface area contributed by atoms with Crippen LogP contribution in [0.25, 0.3) is 11.0 Å². The van der Waals surface area contributed by atoms with E-state index >= 15 is 0 Å². The van der Waals surface area contributed by atoms with Gasteiger partial charge in [-0.15, -0.1) is 0 Å². The van der Waals surface area contributed by atoms with Gasteiger partial charge in [0.05, 0.1) is 17.4 Å². The summed E-state index contributed by atoms with van der Waals surface area (Å²) in [6, 6.07) is 9.00. The zero-order valence-corrected chi connectivity index (χ0v) is 18.7. The Labute approximate surface area is 188 Å². The van der Waals surface area contributed by atoms with Crippen LogP contribution in [0.3, 0.4) is 0 Å². The standard InChI is InChI=1S/C19H19ClFN5O3S2/c20-13-4-5-15(14(21)12-13)22-18(27)6-7-25-8-10-26(11-9-25)31(28,29)17-3-1-2-16-19(17)24-30-23-16/h1-5,12H,6-11H2,(H,22,27). The van der Waals surface area contributed by atoms with Crippen molar-refractivity contribution in [3.05, 3.63) is 47.2 Å². The third-order valence-corrected chi connectivity index (χ3v) is 7.77. The van der Waals surface area contributed by atoms with E-state index < -0.39 is 15.8 Å². The number of carbonyl (C=O) groups is 1. The van der Waals surface area contributed by atoms with Crippen molar-refractivity contribution in [1.29, 1.82) is 0 Å². The number of benzene rings is 2. The zero-order valence-electron chi connectivity index (χ0n) is 16.3. The maximum Gasteiger partial charge on any atom is 0.245 e. The summed E-state index contributed by atoms with van der Waals surface area (Å²) in [6.45, 7) is 2.05. The molecule has 0 radical (unpaired) electrons. The summed E-state index contributed by atoms with van der Waals surface area (Å²) in [6.07, 6.45) is 0.165. The van der Waals surface area contributed by atoms with Crippen LogP contribution in [0.15, 0.2) is 41.3 Å². The first-order valence-electron chi connectivity index (χ1n) is 9.53. The minimum absolute atomic E-state index is 0.0796. The van der Waals surface area contributed by atoms with E-state index in [-0.39, 0.29) is 27.9 Å². The number of fused-ring (bicyclic) bond motifs is 1. The summed E-state index contributed by atoms with van der Waals surface area (Å²) in [5.74, 6) is -0.913. The van der Waals surface area contributed by atoms with Crippen LogP contribution in [-0.2, 0) is 14.8 Å². The van der Waals surface area contributed by atoms with Gasteiger partial charge in [0.15, 0.2) is 0 Å². The Morgan fingerprint density at radius 1 is 1.16 bits per heavy atom. The van der Waals surface area contributed by atoms with Crippen molar-refractivity contribution in [2.24, 2.45) is 0 Å². The summed E-state index contributed by atoms with van der Waals surface area (Å²) in [7, 11) is -3.68. The van der Waals surface area contributed by atoms with Crippen LogP contribution in [0.1, 0.15) is 6.42 Å². The molecule has 0 saturated carbocycles. The molecule has 1 aliphatic rings. The van der Waals surface area contributed by atoms with Gasteiger partial charge in [0.25, 0.3) is 0 Å². The number of nitrogens with zero attached hydrogens (tertiary/aromatic N) is 4. The molecule has 3 aromatic rings. The van der Waals surface area contributed by atoms with Crippen molar-refractivity contribution in [2.75, 3.05) is 38.0 Å². The van der Waals surface area contributed by atoms with E-state index in [2.05, 4.69) is 14.1 Å². The molecule has 1 N–H and O–H groups in total. The normalized spacial score (nSPS) is 15.9. The minimum atomic E-state index is -3.68. The van der Waals surface area contributed by atoms with E-state index in [9.17, 15) is 17.6 Å². The Hall–Kier alpha value is -2.18. The lowest BCUT2D eigenvalue weighted by atomic mass is 10.2. The predicted octanol–water partition coefficient (Wildman–Crippen LogP) is 2.82. The van der Waals surface area contributed by atoms with E-state index in [1.807, 2.05) is 4.90 Å². The number of amides is 1. The largest absolute Gasteiger partial charge is 0.324 e. The highest BCUT2D eigenvalue weighted by molar-refractivity contribution is 7.89. The van der Waals surface area contributed by atoms with Gasteiger partial charge in [-0.1, -0.05) is 17.7 Å². The number of halogens is 2. The van der Waals surface area contributed by atoms with Crippen LogP contribution < -0.4 is 5.32 Å². The maximum atomic E-state index is 13.8. The molecule has 0 atom stereocenters. The van der Waals surface area contributed by atoms with Gasteiger partial charge in [-0.25, -0.2) is 12.8 Å². The van der Waals surface area contributed by atoms with Gasteiger partial charge in [0.1, 0.15) is 21.7 Å². The van der Waals surface area contributed by atoms with Crippen LogP contribution in [0, 0.1) is 5.82 Å². The lowest BCUT2D eigenvalue weighted by molar-refractivity contribution is -0.116. The number of hydrogen-bond acceptors (Lipinski definition) is 7. The lowest BCUT2D eigenvalue weighted by Crippen LogP contribution is -2.49. The molecule has 1 saturated heterocycles. The summed E-state index contributed by atoms with van der Waals surface area (Å²) in [4.78, 5) is 14.3. The molecule has 2 aromatic carbocycles. The van der Waals surface area contributed by atoms with Gasteiger partial charge in [-0.05, 0) is 30.3 Å².